The molecule has 18 nitrogen and oxygen atoms in total. The zero-order chi connectivity index (χ0) is 70.9. The van der Waals surface area contributed by atoms with Gasteiger partial charge < -0.3 is 35.8 Å². The topological polar surface area (TPSA) is 231 Å². The highest BCUT2D eigenvalue weighted by molar-refractivity contribution is 7.99. The van der Waals surface area contributed by atoms with Gasteiger partial charge in [0.1, 0.15) is 17.0 Å². The first-order valence-corrected chi connectivity index (χ1v) is 38.2. The van der Waals surface area contributed by atoms with Crippen LogP contribution in [-0.4, -0.2) is 160 Å². The van der Waals surface area contributed by atoms with Crippen LogP contribution in [0.2, 0.25) is 5.02 Å². The number of thioether (sulfide) groups is 1. The molecule has 3 heterocycles. The monoisotopic (exact) mass is 1440 g/mol. The van der Waals surface area contributed by atoms with Crippen LogP contribution in [0.3, 0.4) is 0 Å². The van der Waals surface area contributed by atoms with Crippen molar-refractivity contribution in [2.24, 2.45) is 10.8 Å². The van der Waals surface area contributed by atoms with Crippen molar-refractivity contribution in [3.8, 4) is 10.4 Å². The number of nitrogens with one attached hydrogen (secondary N) is 4. The SMILES string of the molecule is Cc1ncsc1-c1ccc([C@H](C)NC(=O)[C@@H]2C[C@@H](O)CN2C(=O)[C@@H](NC(=O)CCCCN(C)CC[C@H](CSc2ccccc2)Nc2ccc(S(=O)(=O)NC(=O)c3ccc(N4CCN(CC5=C(c6ccc(Cl)cc6)CCC(C)(C)C5)CC4)cc3)cc2S(=O)(=O)C(F)(F)F)C(C)(C)C)cc1. The average molecular weight is 1450 g/mol. The molecule has 2 fully saturated rings. The molecule has 5 atom stereocenters. The zero-order valence-corrected chi connectivity index (χ0v) is 60.6. The maximum Gasteiger partial charge on any atom is 0.501 e. The Morgan fingerprint density at radius 2 is 1.53 bits per heavy atom. The number of β-amino-alcohol motifs (C(OH)–C–C–N with tert-alkyl or cyclic N) is 1. The number of sulfone groups is 1. The van der Waals surface area contributed by atoms with Crippen molar-refractivity contribution in [1.82, 2.24) is 35.0 Å². The number of carbonyl (C=O) groups excluding carboxylic acids is 4. The van der Waals surface area contributed by atoms with Gasteiger partial charge in [-0.3, -0.25) is 24.1 Å². The van der Waals surface area contributed by atoms with Crippen LogP contribution in [-0.2, 0) is 34.2 Å². The molecule has 5 aromatic carbocycles. The van der Waals surface area contributed by atoms with E-state index in [4.69, 9.17) is 11.6 Å². The number of sulfonamides is 1. The summed E-state index contributed by atoms with van der Waals surface area (Å²) < 4.78 is 100. The Morgan fingerprint density at radius 3 is 2.17 bits per heavy atom. The van der Waals surface area contributed by atoms with Gasteiger partial charge in [-0.05, 0) is 172 Å². The molecule has 4 amide bonds. The Balaban J connectivity index is 0.788. The normalized spacial score (nSPS) is 18.1. The van der Waals surface area contributed by atoms with E-state index in [0.29, 0.717) is 50.1 Å². The molecule has 528 valence electrons. The van der Waals surface area contributed by atoms with Gasteiger partial charge in [-0.25, -0.2) is 26.5 Å². The van der Waals surface area contributed by atoms with Crippen LogP contribution in [0.4, 0.5) is 24.5 Å². The third-order valence-electron chi connectivity index (χ3n) is 18.4. The average Bonchev–Trinajstić information content (AvgIpc) is 0.927. The number of anilines is 2. The highest BCUT2D eigenvalue weighted by atomic mass is 35.5. The Kier molecular flexibility index (Phi) is 24.8. The number of hydrogen-bond donors (Lipinski definition) is 5. The number of allylic oxidation sites excluding steroid dienone is 1. The summed E-state index contributed by atoms with van der Waals surface area (Å²) in [7, 11) is -9.31. The van der Waals surface area contributed by atoms with Gasteiger partial charge in [0.2, 0.25) is 17.7 Å². The molecule has 0 radical (unpaired) electrons. The van der Waals surface area contributed by atoms with Gasteiger partial charge in [0, 0.05) is 85.1 Å². The van der Waals surface area contributed by atoms with Crippen molar-refractivity contribution in [1.29, 1.82) is 0 Å². The number of benzene rings is 5. The van der Waals surface area contributed by atoms with E-state index in [1.54, 1.807) is 29.0 Å². The number of aromatic nitrogens is 1. The molecule has 1 aromatic heterocycles. The lowest BCUT2D eigenvalue weighted by atomic mass is 9.73. The number of rotatable bonds is 27. The van der Waals surface area contributed by atoms with E-state index < -0.39 is 94.3 Å². The fourth-order valence-electron chi connectivity index (χ4n) is 12.7. The molecule has 9 rings (SSSR count). The second-order valence-electron chi connectivity index (χ2n) is 27.7. The van der Waals surface area contributed by atoms with Crippen LogP contribution in [0.1, 0.15) is 126 Å². The first kappa shape index (κ1) is 75.4. The molecule has 2 aliphatic heterocycles. The lowest BCUT2D eigenvalue weighted by Crippen LogP contribution is -2.57. The van der Waals surface area contributed by atoms with Crippen LogP contribution < -0.4 is 25.6 Å². The highest BCUT2D eigenvalue weighted by Gasteiger charge is 2.49. The van der Waals surface area contributed by atoms with Gasteiger partial charge in [0.05, 0.1) is 38.8 Å². The van der Waals surface area contributed by atoms with Crippen LogP contribution in [0.15, 0.2) is 147 Å². The summed E-state index contributed by atoms with van der Waals surface area (Å²) in [5.41, 5.74) is 2.43. The van der Waals surface area contributed by atoms with E-state index in [9.17, 15) is 54.3 Å². The quantitative estimate of drug-likeness (QED) is 0.0238. The summed E-state index contributed by atoms with van der Waals surface area (Å²) in [6.07, 6.45) is 3.43. The van der Waals surface area contributed by atoms with E-state index in [1.807, 2.05) is 118 Å². The van der Waals surface area contributed by atoms with Crippen molar-refractivity contribution >= 4 is 95.1 Å². The second-order valence-corrected chi connectivity index (χ2v) is 33.7. The Hall–Kier alpha value is -6.84. The van der Waals surface area contributed by atoms with Crippen molar-refractivity contribution < 1.29 is 54.3 Å². The first-order valence-electron chi connectivity index (χ1n) is 33.0. The van der Waals surface area contributed by atoms with Gasteiger partial charge in [0.25, 0.3) is 25.8 Å². The molecule has 0 unspecified atom stereocenters. The molecular formula is C72H89ClF3N9O9S4. The Morgan fingerprint density at radius 1 is 0.857 bits per heavy atom. The van der Waals surface area contributed by atoms with Gasteiger partial charge >= 0.3 is 5.51 Å². The minimum Gasteiger partial charge on any atom is -0.391 e. The number of aryl methyl sites for hydroxylation is 1. The van der Waals surface area contributed by atoms with Crippen LogP contribution in [0, 0.1) is 17.8 Å². The Labute approximate surface area is 587 Å². The number of aliphatic hydroxyl groups is 1. The number of likely N-dealkylation sites (tertiary alicyclic amines) is 1. The van der Waals surface area contributed by atoms with Crippen molar-refractivity contribution in [2.75, 3.05) is 75.4 Å². The largest absolute Gasteiger partial charge is 0.501 e. The predicted octanol–water partition coefficient (Wildman–Crippen LogP) is 12.4. The lowest BCUT2D eigenvalue weighted by Gasteiger charge is -2.39. The Bertz CT molecular complexity index is 4040. The van der Waals surface area contributed by atoms with Gasteiger partial charge in [-0.1, -0.05) is 106 Å². The molecule has 5 N–H and O–H groups in total. The molecule has 0 saturated carbocycles. The maximum absolute atomic E-state index is 14.6. The summed E-state index contributed by atoms with van der Waals surface area (Å²) in [4.78, 5) is 67.4. The standard InChI is InChI=1S/C72H89ClF3N9O9S4/c1-47(49-17-19-51(20-18-49)65-48(2)77-46-96-65)78-68(89)62-40-57(86)44-85(62)69(90)66(70(3,4)5)80-64(87)16-12-13-34-82(8)35-32-55(45-95-58-14-10-9-11-15-58)79-61-30-29-59(41-63(61)97(91,92)72(74,75)76)98(93,94)81-67(88)52-23-27-56(28-24-52)84-38-36-83(37-39-84)43-53-42-71(6,7)33-31-60(53)50-21-25-54(73)26-22-50/h9-11,14-15,17-30,41,46-47,55,57,62,66,79,86H,12-13,16,31-40,42-45H2,1-8H3,(H,78,89)(H,80,87)(H,81,88)/t47-,55+,57+,62-,66+/m0/s1. The molecular weight excluding hydrogens is 1360 g/mol. The fraction of sp³-hybridized carbons (Fsp3) is 0.458. The van der Waals surface area contributed by atoms with Gasteiger partial charge in [-0.2, -0.15) is 13.2 Å². The number of halogens is 4. The number of unbranched alkanes of at least 4 members (excludes halogenated alkanes) is 1. The molecule has 3 aliphatic rings. The summed E-state index contributed by atoms with van der Waals surface area (Å²) in [5.74, 6) is -2.12. The maximum atomic E-state index is 14.6. The number of carbonyl (C=O) groups is 4. The van der Waals surface area contributed by atoms with Crippen molar-refractivity contribution in [3.05, 3.63) is 160 Å². The van der Waals surface area contributed by atoms with E-state index in [-0.39, 0.29) is 48.4 Å². The number of alkyl halides is 3. The van der Waals surface area contributed by atoms with E-state index in [2.05, 4.69) is 56.7 Å². The molecule has 98 heavy (non-hydrogen) atoms. The smallest absolute Gasteiger partial charge is 0.391 e. The summed E-state index contributed by atoms with van der Waals surface area (Å²) >= 11 is 9.14. The number of aliphatic hydroxyl groups excluding tert-OH is 1. The number of nitrogens with zero attached hydrogens (tertiary/aromatic N) is 5. The molecule has 0 bridgehead atoms. The zero-order valence-electron chi connectivity index (χ0n) is 56.6. The summed E-state index contributed by atoms with van der Waals surface area (Å²) in [6.45, 7) is 18.4. The summed E-state index contributed by atoms with van der Waals surface area (Å²) in [6, 6.07) is 30.6. The van der Waals surface area contributed by atoms with Gasteiger partial charge in [-0.15, -0.1) is 23.1 Å². The van der Waals surface area contributed by atoms with Crippen LogP contribution >= 0.6 is 34.7 Å². The van der Waals surface area contributed by atoms with Crippen LogP contribution in [0.5, 0.6) is 0 Å². The number of hydrogen-bond acceptors (Lipinski definition) is 16. The molecule has 6 aromatic rings. The third-order valence-corrected chi connectivity index (χ3v) is 23.7. The number of piperazine rings is 1. The van der Waals surface area contributed by atoms with E-state index >= 15 is 0 Å². The second kappa shape index (κ2) is 32.2. The van der Waals surface area contributed by atoms with Gasteiger partial charge in [0.15, 0.2) is 0 Å². The number of amides is 4. The number of thiazole rings is 1. The van der Waals surface area contributed by atoms with E-state index in [1.165, 1.54) is 45.5 Å². The first-order chi connectivity index (χ1) is 46.2. The molecule has 1 aliphatic carbocycles. The molecule has 26 heteroatoms. The van der Waals surface area contributed by atoms with E-state index in [0.717, 1.165) is 83.3 Å². The summed E-state index contributed by atoms with van der Waals surface area (Å²) in [5, 5.41) is 20.4. The molecule has 2 saturated heterocycles. The highest BCUT2D eigenvalue weighted by Crippen LogP contribution is 2.44. The fourth-order valence-corrected chi connectivity index (χ4v) is 16.7. The lowest BCUT2D eigenvalue weighted by molar-refractivity contribution is -0.144. The third kappa shape index (κ3) is 19.6. The predicted molar refractivity (Wildman–Crippen MR) is 382 cm³/mol. The van der Waals surface area contributed by atoms with Crippen molar-refractivity contribution in [3.63, 3.8) is 0 Å². The van der Waals surface area contributed by atoms with Crippen LogP contribution in [0.25, 0.3) is 16.0 Å². The molecule has 0 spiro atoms. The minimum absolute atomic E-state index is 0.0300. The van der Waals surface area contributed by atoms with Crippen molar-refractivity contribution in [2.45, 2.75) is 150 Å². The minimum atomic E-state index is -6.19.